The smallest absolute Gasteiger partial charge is 0.305 e. The SMILES string of the molecule is CCN1CCN(Cc2cccs2)C(CC(=O)O)C1=O. The van der Waals surface area contributed by atoms with Gasteiger partial charge in [-0.05, 0) is 18.4 Å². The van der Waals surface area contributed by atoms with E-state index in [1.807, 2.05) is 29.3 Å². The summed E-state index contributed by atoms with van der Waals surface area (Å²) in [5, 5.41) is 11.0. The van der Waals surface area contributed by atoms with E-state index in [1.165, 1.54) is 0 Å². The number of rotatable bonds is 5. The predicted molar refractivity (Wildman–Crippen MR) is 73.0 cm³/mol. The first kappa shape index (κ1) is 14.0. The molecular formula is C13H18N2O3S. The van der Waals surface area contributed by atoms with Crippen molar-refractivity contribution in [1.29, 1.82) is 0 Å². The molecule has 0 spiro atoms. The molecule has 0 saturated carbocycles. The van der Waals surface area contributed by atoms with E-state index in [-0.39, 0.29) is 12.3 Å². The van der Waals surface area contributed by atoms with Crippen LogP contribution in [0.15, 0.2) is 17.5 Å². The molecule has 1 aliphatic heterocycles. The monoisotopic (exact) mass is 282 g/mol. The summed E-state index contributed by atoms with van der Waals surface area (Å²) in [7, 11) is 0. The summed E-state index contributed by atoms with van der Waals surface area (Å²) in [6.45, 7) is 4.62. The second-order valence-corrected chi connectivity index (χ2v) is 5.61. The van der Waals surface area contributed by atoms with Crippen LogP contribution in [0.1, 0.15) is 18.2 Å². The molecule has 2 heterocycles. The number of carboxylic acids is 1. The van der Waals surface area contributed by atoms with Crippen LogP contribution in [0.3, 0.4) is 0 Å². The van der Waals surface area contributed by atoms with Crippen molar-refractivity contribution in [2.75, 3.05) is 19.6 Å². The van der Waals surface area contributed by atoms with Gasteiger partial charge in [0.2, 0.25) is 5.91 Å². The van der Waals surface area contributed by atoms with Crippen LogP contribution in [-0.4, -0.2) is 52.5 Å². The van der Waals surface area contributed by atoms with Crippen LogP contribution in [0.4, 0.5) is 0 Å². The molecule has 5 nitrogen and oxygen atoms in total. The first-order chi connectivity index (χ1) is 9.11. The van der Waals surface area contributed by atoms with Crippen LogP contribution in [0.25, 0.3) is 0 Å². The van der Waals surface area contributed by atoms with E-state index >= 15 is 0 Å². The van der Waals surface area contributed by atoms with Crippen molar-refractivity contribution in [3.63, 3.8) is 0 Å². The normalized spacial score (nSPS) is 20.8. The fraction of sp³-hybridized carbons (Fsp3) is 0.538. The van der Waals surface area contributed by atoms with Crippen LogP contribution >= 0.6 is 11.3 Å². The molecule has 1 aromatic heterocycles. The van der Waals surface area contributed by atoms with Gasteiger partial charge in [0.05, 0.1) is 6.42 Å². The molecule has 0 radical (unpaired) electrons. The molecule has 1 atom stereocenters. The summed E-state index contributed by atoms with van der Waals surface area (Å²) >= 11 is 1.63. The third kappa shape index (κ3) is 3.33. The topological polar surface area (TPSA) is 60.9 Å². The number of hydrogen-bond donors (Lipinski definition) is 1. The van der Waals surface area contributed by atoms with Crippen LogP contribution in [0.2, 0.25) is 0 Å². The van der Waals surface area contributed by atoms with Gasteiger partial charge in [0.15, 0.2) is 0 Å². The number of thiophene rings is 1. The number of likely N-dealkylation sites (N-methyl/N-ethyl adjacent to an activating group) is 1. The van der Waals surface area contributed by atoms with Crippen molar-refractivity contribution in [2.24, 2.45) is 0 Å². The highest BCUT2D eigenvalue weighted by Crippen LogP contribution is 2.20. The minimum Gasteiger partial charge on any atom is -0.481 e. The maximum atomic E-state index is 12.3. The Labute approximate surface area is 116 Å². The van der Waals surface area contributed by atoms with Crippen LogP contribution < -0.4 is 0 Å². The van der Waals surface area contributed by atoms with Gasteiger partial charge in [-0.25, -0.2) is 0 Å². The molecule has 1 fully saturated rings. The lowest BCUT2D eigenvalue weighted by Gasteiger charge is -2.39. The highest BCUT2D eigenvalue weighted by Gasteiger charge is 2.35. The van der Waals surface area contributed by atoms with Gasteiger partial charge in [-0.15, -0.1) is 11.3 Å². The van der Waals surface area contributed by atoms with Crippen molar-refractivity contribution in [2.45, 2.75) is 25.9 Å². The fourth-order valence-corrected chi connectivity index (χ4v) is 3.10. The molecule has 1 unspecified atom stereocenters. The van der Waals surface area contributed by atoms with Gasteiger partial charge < -0.3 is 10.0 Å². The molecule has 1 aromatic rings. The molecule has 6 heteroatoms. The molecule has 0 aliphatic carbocycles. The number of hydrogen-bond acceptors (Lipinski definition) is 4. The fourth-order valence-electron chi connectivity index (χ4n) is 2.37. The van der Waals surface area contributed by atoms with E-state index < -0.39 is 12.0 Å². The van der Waals surface area contributed by atoms with Crippen molar-refractivity contribution in [1.82, 2.24) is 9.80 Å². The first-order valence-electron chi connectivity index (χ1n) is 6.38. The molecule has 0 bridgehead atoms. The van der Waals surface area contributed by atoms with Crippen molar-refractivity contribution in [3.8, 4) is 0 Å². The van der Waals surface area contributed by atoms with Crippen LogP contribution in [0, 0.1) is 0 Å². The maximum absolute atomic E-state index is 12.3. The average Bonchev–Trinajstić information content (AvgIpc) is 2.86. The van der Waals surface area contributed by atoms with E-state index in [2.05, 4.69) is 0 Å². The Morgan fingerprint density at radius 3 is 2.89 bits per heavy atom. The quantitative estimate of drug-likeness (QED) is 0.883. The molecule has 19 heavy (non-hydrogen) atoms. The number of carboxylic acid groups (broad SMARTS) is 1. The van der Waals surface area contributed by atoms with Gasteiger partial charge in [0.1, 0.15) is 6.04 Å². The molecule has 1 N–H and O–H groups in total. The molecule has 104 valence electrons. The van der Waals surface area contributed by atoms with Gasteiger partial charge >= 0.3 is 5.97 Å². The van der Waals surface area contributed by atoms with Crippen LogP contribution in [0.5, 0.6) is 0 Å². The number of aliphatic carboxylic acids is 1. The number of carbonyl (C=O) groups is 2. The van der Waals surface area contributed by atoms with Gasteiger partial charge in [-0.2, -0.15) is 0 Å². The van der Waals surface area contributed by atoms with Crippen molar-refractivity contribution >= 4 is 23.2 Å². The average molecular weight is 282 g/mol. The summed E-state index contributed by atoms with van der Waals surface area (Å²) in [5.74, 6) is -0.986. The van der Waals surface area contributed by atoms with Crippen molar-refractivity contribution < 1.29 is 14.7 Å². The van der Waals surface area contributed by atoms with Crippen LogP contribution in [-0.2, 0) is 16.1 Å². The Bertz CT molecular complexity index is 447. The van der Waals surface area contributed by atoms with E-state index in [1.54, 1.807) is 16.2 Å². The van der Waals surface area contributed by atoms with Gasteiger partial charge in [-0.1, -0.05) is 6.07 Å². The summed E-state index contributed by atoms with van der Waals surface area (Å²) in [6.07, 6.45) is -0.124. The summed E-state index contributed by atoms with van der Waals surface area (Å²) in [6, 6.07) is 3.45. The van der Waals surface area contributed by atoms with E-state index in [4.69, 9.17) is 5.11 Å². The summed E-state index contributed by atoms with van der Waals surface area (Å²) < 4.78 is 0. The van der Waals surface area contributed by atoms with E-state index in [0.717, 1.165) is 11.4 Å². The Morgan fingerprint density at radius 2 is 2.32 bits per heavy atom. The Hall–Kier alpha value is -1.40. The third-order valence-corrected chi connectivity index (χ3v) is 4.24. The highest BCUT2D eigenvalue weighted by molar-refractivity contribution is 7.09. The maximum Gasteiger partial charge on any atom is 0.305 e. The lowest BCUT2D eigenvalue weighted by atomic mass is 10.1. The summed E-state index contributed by atoms with van der Waals surface area (Å²) in [5.41, 5.74) is 0. The molecule has 1 amide bonds. The second-order valence-electron chi connectivity index (χ2n) is 4.58. The first-order valence-corrected chi connectivity index (χ1v) is 7.26. The Morgan fingerprint density at radius 1 is 1.53 bits per heavy atom. The standard InChI is InChI=1S/C13H18N2O3S/c1-2-14-5-6-15(9-10-4-3-7-19-10)11(13(14)18)8-12(16)17/h3-4,7,11H,2,5-6,8-9H2,1H3,(H,16,17). The Kier molecular flexibility index (Phi) is 4.55. The third-order valence-electron chi connectivity index (χ3n) is 3.38. The van der Waals surface area contributed by atoms with Gasteiger partial charge in [0.25, 0.3) is 0 Å². The zero-order valence-corrected chi connectivity index (χ0v) is 11.7. The second kappa shape index (κ2) is 6.16. The minimum atomic E-state index is -0.924. The molecule has 1 aliphatic rings. The largest absolute Gasteiger partial charge is 0.481 e. The zero-order valence-electron chi connectivity index (χ0n) is 10.9. The number of carbonyl (C=O) groups excluding carboxylic acids is 1. The number of amides is 1. The van der Waals surface area contributed by atoms with E-state index in [9.17, 15) is 9.59 Å². The van der Waals surface area contributed by atoms with Crippen molar-refractivity contribution in [3.05, 3.63) is 22.4 Å². The zero-order chi connectivity index (χ0) is 13.8. The molecule has 1 saturated heterocycles. The lowest BCUT2D eigenvalue weighted by Crippen LogP contribution is -2.57. The molecule has 2 rings (SSSR count). The minimum absolute atomic E-state index is 0.0623. The van der Waals surface area contributed by atoms with E-state index in [0.29, 0.717) is 19.6 Å². The highest BCUT2D eigenvalue weighted by atomic mass is 32.1. The molecule has 0 aromatic carbocycles. The lowest BCUT2D eigenvalue weighted by molar-refractivity contribution is -0.149. The van der Waals surface area contributed by atoms with Gasteiger partial charge in [-0.3, -0.25) is 14.5 Å². The predicted octanol–water partition coefficient (Wildman–Crippen LogP) is 1.26. The number of piperazine rings is 1. The Balaban J connectivity index is 2.11. The summed E-state index contributed by atoms with van der Waals surface area (Å²) in [4.78, 5) is 28.1. The number of nitrogens with zero attached hydrogens (tertiary/aromatic N) is 2. The van der Waals surface area contributed by atoms with Gasteiger partial charge in [0, 0.05) is 31.1 Å². The molecular weight excluding hydrogens is 264 g/mol.